The summed E-state index contributed by atoms with van der Waals surface area (Å²) < 4.78 is 13.2. The van der Waals surface area contributed by atoms with Crippen molar-refractivity contribution in [3.63, 3.8) is 0 Å². The fourth-order valence-corrected chi connectivity index (χ4v) is 2.93. The molecule has 1 aliphatic heterocycles. The third-order valence-electron chi connectivity index (χ3n) is 4.32. The third-order valence-corrected chi connectivity index (χ3v) is 4.32. The molecule has 0 aliphatic carbocycles. The van der Waals surface area contributed by atoms with Crippen molar-refractivity contribution in [3.05, 3.63) is 35.6 Å². The molecule has 5 heteroatoms. The number of halogens is 1. The predicted octanol–water partition coefficient (Wildman–Crippen LogP) is 2.28. The molecule has 4 nitrogen and oxygen atoms in total. The van der Waals surface area contributed by atoms with Gasteiger partial charge >= 0.3 is 0 Å². The van der Waals surface area contributed by atoms with Crippen molar-refractivity contribution in [2.45, 2.75) is 26.3 Å². The molecule has 0 bridgehead atoms. The number of amides is 1. The number of hydrogen-bond acceptors (Lipinski definition) is 3. The zero-order valence-electron chi connectivity index (χ0n) is 14.4. The van der Waals surface area contributed by atoms with E-state index in [4.69, 9.17) is 0 Å². The molecule has 128 valence electrons. The van der Waals surface area contributed by atoms with Gasteiger partial charge in [-0.15, -0.1) is 0 Å². The first-order valence-corrected chi connectivity index (χ1v) is 8.40. The van der Waals surface area contributed by atoms with E-state index in [1.807, 2.05) is 26.0 Å². The molecule has 1 aromatic carbocycles. The Morgan fingerprint density at radius 3 is 2.35 bits per heavy atom. The molecule has 0 spiro atoms. The van der Waals surface area contributed by atoms with E-state index < -0.39 is 0 Å². The molecule has 0 radical (unpaired) electrons. The van der Waals surface area contributed by atoms with Crippen LogP contribution in [0.4, 0.5) is 4.39 Å². The maximum Gasteiger partial charge on any atom is 0.220 e. The summed E-state index contributed by atoms with van der Waals surface area (Å²) in [6.07, 6.45) is 0.541. The molecule has 1 aliphatic rings. The van der Waals surface area contributed by atoms with Gasteiger partial charge in [0.25, 0.3) is 0 Å². The van der Waals surface area contributed by atoms with Crippen LogP contribution in [0.15, 0.2) is 24.3 Å². The van der Waals surface area contributed by atoms with Crippen LogP contribution in [0.2, 0.25) is 0 Å². The number of carbonyl (C=O) groups is 1. The molecule has 1 amide bonds. The van der Waals surface area contributed by atoms with Crippen LogP contribution in [-0.2, 0) is 4.79 Å². The number of rotatable bonds is 6. The number of carbonyl (C=O) groups excluding carboxylic acids is 1. The van der Waals surface area contributed by atoms with Gasteiger partial charge in [0, 0.05) is 39.1 Å². The van der Waals surface area contributed by atoms with Crippen LogP contribution in [0.25, 0.3) is 0 Å². The number of hydrogen-bond donors (Lipinski definition) is 1. The smallest absolute Gasteiger partial charge is 0.220 e. The lowest BCUT2D eigenvalue weighted by atomic mass is 10.0. The topological polar surface area (TPSA) is 35.6 Å². The summed E-state index contributed by atoms with van der Waals surface area (Å²) in [4.78, 5) is 16.7. The van der Waals surface area contributed by atoms with E-state index in [1.54, 1.807) is 0 Å². The summed E-state index contributed by atoms with van der Waals surface area (Å²) in [5.41, 5.74) is 1.06. The minimum Gasteiger partial charge on any atom is -0.354 e. The van der Waals surface area contributed by atoms with Crippen LogP contribution in [0.3, 0.4) is 0 Å². The number of nitrogens with one attached hydrogen (secondary N) is 1. The van der Waals surface area contributed by atoms with E-state index >= 15 is 0 Å². The Kier molecular flexibility index (Phi) is 6.54. The Hall–Kier alpha value is -1.46. The van der Waals surface area contributed by atoms with Crippen LogP contribution in [0, 0.1) is 11.7 Å². The van der Waals surface area contributed by atoms with E-state index in [1.165, 1.54) is 12.1 Å². The molecule has 1 N–H and O–H groups in total. The lowest BCUT2D eigenvalue weighted by Crippen LogP contribution is -2.48. The van der Waals surface area contributed by atoms with Crippen molar-refractivity contribution in [3.8, 4) is 0 Å². The highest BCUT2D eigenvalue weighted by Gasteiger charge is 2.24. The molecule has 2 rings (SSSR count). The summed E-state index contributed by atoms with van der Waals surface area (Å²) in [5, 5.41) is 3.05. The summed E-state index contributed by atoms with van der Waals surface area (Å²) >= 11 is 0. The molecule has 1 heterocycles. The highest BCUT2D eigenvalue weighted by Crippen LogP contribution is 2.22. The first-order chi connectivity index (χ1) is 11.0. The number of likely N-dealkylation sites (N-methyl/N-ethyl adjacent to an activating group) is 1. The van der Waals surface area contributed by atoms with E-state index in [9.17, 15) is 9.18 Å². The second-order valence-electron chi connectivity index (χ2n) is 6.81. The predicted molar refractivity (Wildman–Crippen MR) is 90.7 cm³/mol. The molecular formula is C18H28FN3O. The zero-order valence-corrected chi connectivity index (χ0v) is 14.4. The number of piperazine rings is 1. The van der Waals surface area contributed by atoms with Crippen molar-refractivity contribution in [1.82, 2.24) is 15.1 Å². The second-order valence-corrected chi connectivity index (χ2v) is 6.81. The first kappa shape index (κ1) is 17.9. The molecule has 1 fully saturated rings. The maximum atomic E-state index is 13.2. The van der Waals surface area contributed by atoms with Gasteiger partial charge in [-0.2, -0.15) is 0 Å². The molecule has 1 atom stereocenters. The van der Waals surface area contributed by atoms with Gasteiger partial charge in [0.2, 0.25) is 5.91 Å². The summed E-state index contributed by atoms with van der Waals surface area (Å²) in [7, 11) is 2.12. The fraction of sp³-hybridized carbons (Fsp3) is 0.611. The lowest BCUT2D eigenvalue weighted by molar-refractivity contribution is -0.122. The van der Waals surface area contributed by atoms with Gasteiger partial charge in [0.05, 0.1) is 6.04 Å². The molecule has 1 saturated heterocycles. The molecule has 0 aromatic heterocycles. The number of benzene rings is 1. The van der Waals surface area contributed by atoms with Gasteiger partial charge in [-0.1, -0.05) is 26.0 Å². The second kappa shape index (κ2) is 8.41. The lowest BCUT2D eigenvalue weighted by Gasteiger charge is -2.38. The van der Waals surface area contributed by atoms with E-state index in [0.717, 1.165) is 31.7 Å². The molecule has 0 saturated carbocycles. The van der Waals surface area contributed by atoms with Crippen molar-refractivity contribution in [2.24, 2.45) is 5.92 Å². The average Bonchev–Trinajstić information content (AvgIpc) is 2.50. The van der Waals surface area contributed by atoms with E-state index in [0.29, 0.717) is 18.9 Å². The minimum atomic E-state index is -0.227. The summed E-state index contributed by atoms with van der Waals surface area (Å²) in [6.45, 7) is 8.59. The third kappa shape index (κ3) is 5.59. The van der Waals surface area contributed by atoms with Crippen molar-refractivity contribution >= 4 is 5.91 Å². The first-order valence-electron chi connectivity index (χ1n) is 8.40. The highest BCUT2D eigenvalue weighted by atomic mass is 19.1. The van der Waals surface area contributed by atoms with Gasteiger partial charge in [-0.05, 0) is 30.7 Å². The standard InChI is InChI=1S/C18H28FN3O/c1-14(2)12-18(23)20-13-17(15-4-6-16(19)7-5-15)22-10-8-21(3)9-11-22/h4-7,14,17H,8-13H2,1-3H3,(H,20,23)/t17-/m1/s1. The Labute approximate surface area is 138 Å². The fourth-order valence-electron chi connectivity index (χ4n) is 2.93. The van der Waals surface area contributed by atoms with Crippen molar-refractivity contribution in [1.29, 1.82) is 0 Å². The average molecular weight is 321 g/mol. The Morgan fingerprint density at radius 2 is 1.78 bits per heavy atom. The maximum absolute atomic E-state index is 13.2. The van der Waals surface area contributed by atoms with Crippen LogP contribution < -0.4 is 5.32 Å². The quantitative estimate of drug-likeness (QED) is 0.873. The zero-order chi connectivity index (χ0) is 16.8. The van der Waals surface area contributed by atoms with Crippen molar-refractivity contribution < 1.29 is 9.18 Å². The van der Waals surface area contributed by atoms with E-state index in [2.05, 4.69) is 22.2 Å². The Morgan fingerprint density at radius 1 is 1.17 bits per heavy atom. The van der Waals surface area contributed by atoms with Gasteiger partial charge < -0.3 is 10.2 Å². The molecular weight excluding hydrogens is 293 g/mol. The van der Waals surface area contributed by atoms with Crippen LogP contribution >= 0.6 is 0 Å². The van der Waals surface area contributed by atoms with Gasteiger partial charge in [-0.25, -0.2) is 4.39 Å². The minimum absolute atomic E-state index is 0.0845. The van der Waals surface area contributed by atoms with Gasteiger partial charge in [0.1, 0.15) is 5.82 Å². The Bertz CT molecular complexity index is 495. The Balaban J connectivity index is 2.05. The monoisotopic (exact) mass is 321 g/mol. The summed E-state index contributed by atoms with van der Waals surface area (Å²) in [6, 6.07) is 6.74. The highest BCUT2D eigenvalue weighted by molar-refractivity contribution is 5.76. The van der Waals surface area contributed by atoms with Crippen molar-refractivity contribution in [2.75, 3.05) is 39.8 Å². The van der Waals surface area contributed by atoms with Crippen LogP contribution in [0.1, 0.15) is 31.9 Å². The van der Waals surface area contributed by atoms with Crippen LogP contribution in [-0.4, -0.2) is 55.5 Å². The SMILES string of the molecule is CC(C)CC(=O)NC[C@H](c1ccc(F)cc1)N1CCN(C)CC1. The summed E-state index contributed by atoms with van der Waals surface area (Å²) in [5.74, 6) is 0.207. The molecule has 0 unspecified atom stereocenters. The van der Waals surface area contributed by atoms with Crippen LogP contribution in [0.5, 0.6) is 0 Å². The molecule has 23 heavy (non-hydrogen) atoms. The normalized spacial score (nSPS) is 18.1. The van der Waals surface area contributed by atoms with E-state index in [-0.39, 0.29) is 17.8 Å². The van der Waals surface area contributed by atoms with Gasteiger partial charge in [0.15, 0.2) is 0 Å². The van der Waals surface area contributed by atoms with Gasteiger partial charge in [-0.3, -0.25) is 9.69 Å². The number of nitrogens with zero attached hydrogens (tertiary/aromatic N) is 2. The molecule has 1 aromatic rings. The largest absolute Gasteiger partial charge is 0.354 e.